The average Bonchev–Trinajstić information content (AvgIpc) is 2.49. The number of benzene rings is 2. The molecule has 5 heteroatoms. The van der Waals surface area contributed by atoms with Crippen LogP contribution in [0.2, 0.25) is 0 Å². The molecule has 0 aliphatic carbocycles. The van der Waals surface area contributed by atoms with Gasteiger partial charge in [-0.2, -0.15) is 0 Å². The summed E-state index contributed by atoms with van der Waals surface area (Å²) in [5.74, 6) is -1.66. The van der Waals surface area contributed by atoms with Crippen LogP contribution in [0.25, 0.3) is 6.08 Å². The molecule has 0 aromatic heterocycles. The van der Waals surface area contributed by atoms with Crippen LogP contribution in [0.3, 0.4) is 0 Å². The first kappa shape index (κ1) is 14.3. The quantitative estimate of drug-likeness (QED) is 0.751. The van der Waals surface area contributed by atoms with Crippen LogP contribution < -0.4 is 5.32 Å². The van der Waals surface area contributed by atoms with Gasteiger partial charge < -0.3 is 15.5 Å². The smallest absolute Gasteiger partial charge is 0.352 e. The number of aromatic hydroxyl groups is 1. The molecule has 2 rings (SSSR count). The third-order valence-corrected chi connectivity index (χ3v) is 2.72. The number of carbonyl (C=O) groups is 2. The summed E-state index contributed by atoms with van der Waals surface area (Å²) in [6.45, 7) is 0. The number of carbonyl (C=O) groups excluding carboxylic acids is 1. The van der Waals surface area contributed by atoms with E-state index in [2.05, 4.69) is 5.32 Å². The molecular weight excluding hydrogens is 270 g/mol. The van der Waals surface area contributed by atoms with Crippen LogP contribution in [0.15, 0.2) is 60.3 Å². The second-order valence-corrected chi connectivity index (χ2v) is 4.27. The highest BCUT2D eigenvalue weighted by atomic mass is 16.4. The zero-order valence-corrected chi connectivity index (χ0v) is 11.0. The molecule has 0 saturated carbocycles. The SMILES string of the molecule is O=C(O)C(=Cc1ccc(O)cc1)NC(=O)c1ccccc1. The van der Waals surface area contributed by atoms with Gasteiger partial charge in [-0.15, -0.1) is 0 Å². The van der Waals surface area contributed by atoms with Gasteiger partial charge in [0.25, 0.3) is 5.91 Å². The van der Waals surface area contributed by atoms with E-state index in [0.717, 1.165) is 0 Å². The maximum atomic E-state index is 11.9. The van der Waals surface area contributed by atoms with Crippen LogP contribution in [-0.2, 0) is 4.79 Å². The van der Waals surface area contributed by atoms with Crippen LogP contribution in [0, 0.1) is 0 Å². The van der Waals surface area contributed by atoms with Crippen LogP contribution >= 0.6 is 0 Å². The molecule has 0 unspecified atom stereocenters. The first-order valence-corrected chi connectivity index (χ1v) is 6.16. The van der Waals surface area contributed by atoms with Crippen molar-refractivity contribution in [2.75, 3.05) is 0 Å². The van der Waals surface area contributed by atoms with Crippen molar-refractivity contribution in [1.29, 1.82) is 0 Å². The predicted molar refractivity (Wildman–Crippen MR) is 77.6 cm³/mol. The number of carboxylic acid groups (broad SMARTS) is 1. The third kappa shape index (κ3) is 3.94. The fourth-order valence-electron chi connectivity index (χ4n) is 1.67. The summed E-state index contributed by atoms with van der Waals surface area (Å²) in [5, 5.41) is 20.7. The number of phenols is 1. The normalized spacial score (nSPS) is 11.0. The van der Waals surface area contributed by atoms with Gasteiger partial charge in [-0.3, -0.25) is 4.79 Å². The van der Waals surface area contributed by atoms with Crippen molar-refractivity contribution in [2.24, 2.45) is 0 Å². The summed E-state index contributed by atoms with van der Waals surface area (Å²) in [4.78, 5) is 23.2. The Hall–Kier alpha value is -3.08. The van der Waals surface area contributed by atoms with E-state index in [0.29, 0.717) is 11.1 Å². The Kier molecular flexibility index (Phi) is 4.36. The van der Waals surface area contributed by atoms with E-state index in [9.17, 15) is 14.7 Å². The predicted octanol–water partition coefficient (Wildman–Crippen LogP) is 2.25. The average molecular weight is 283 g/mol. The molecule has 3 N–H and O–H groups in total. The minimum atomic E-state index is -1.24. The van der Waals surface area contributed by atoms with Gasteiger partial charge in [0.15, 0.2) is 0 Å². The van der Waals surface area contributed by atoms with Crippen LogP contribution in [0.4, 0.5) is 0 Å². The molecule has 0 heterocycles. The zero-order valence-electron chi connectivity index (χ0n) is 11.0. The summed E-state index contributed by atoms with van der Waals surface area (Å²) in [7, 11) is 0. The topological polar surface area (TPSA) is 86.6 Å². The number of carboxylic acids is 1. The van der Waals surface area contributed by atoms with Gasteiger partial charge in [0.2, 0.25) is 0 Å². The van der Waals surface area contributed by atoms with Gasteiger partial charge in [0, 0.05) is 5.56 Å². The molecule has 0 saturated heterocycles. The Labute approximate surface area is 121 Å². The lowest BCUT2D eigenvalue weighted by Crippen LogP contribution is -2.27. The van der Waals surface area contributed by atoms with E-state index >= 15 is 0 Å². The van der Waals surface area contributed by atoms with E-state index in [1.54, 1.807) is 42.5 Å². The molecule has 0 radical (unpaired) electrons. The highest BCUT2D eigenvalue weighted by Crippen LogP contribution is 2.12. The lowest BCUT2D eigenvalue weighted by atomic mass is 10.1. The van der Waals surface area contributed by atoms with Crippen molar-refractivity contribution in [3.05, 3.63) is 71.4 Å². The van der Waals surface area contributed by atoms with E-state index < -0.39 is 11.9 Å². The monoisotopic (exact) mass is 283 g/mol. The van der Waals surface area contributed by atoms with Crippen LogP contribution in [0.5, 0.6) is 5.75 Å². The molecule has 0 aliphatic rings. The summed E-state index contributed by atoms with van der Waals surface area (Å²) < 4.78 is 0. The molecule has 21 heavy (non-hydrogen) atoms. The standard InChI is InChI=1S/C16H13NO4/c18-13-8-6-11(7-9-13)10-14(16(20)21)17-15(19)12-4-2-1-3-5-12/h1-10,18H,(H,17,19)(H,20,21). The molecular formula is C16H13NO4. The molecule has 0 fully saturated rings. The largest absolute Gasteiger partial charge is 0.508 e. The molecule has 2 aromatic rings. The molecule has 0 atom stereocenters. The van der Waals surface area contributed by atoms with Gasteiger partial charge in [-0.05, 0) is 35.9 Å². The molecule has 2 aromatic carbocycles. The zero-order chi connectivity index (χ0) is 15.2. The summed E-state index contributed by atoms with van der Waals surface area (Å²) in [5.41, 5.74) is 0.684. The van der Waals surface area contributed by atoms with Gasteiger partial charge in [-0.25, -0.2) is 4.79 Å². The Bertz CT molecular complexity index is 675. The fourth-order valence-corrected chi connectivity index (χ4v) is 1.67. The first-order valence-electron chi connectivity index (χ1n) is 6.16. The van der Waals surface area contributed by atoms with Crippen molar-refractivity contribution in [2.45, 2.75) is 0 Å². The second kappa shape index (κ2) is 6.38. The number of nitrogens with one attached hydrogen (secondary N) is 1. The van der Waals surface area contributed by atoms with E-state index in [-0.39, 0.29) is 11.4 Å². The van der Waals surface area contributed by atoms with E-state index in [1.807, 2.05) is 0 Å². The van der Waals surface area contributed by atoms with Crippen molar-refractivity contribution >= 4 is 18.0 Å². The summed E-state index contributed by atoms with van der Waals surface area (Å²) in [6.07, 6.45) is 1.32. The van der Waals surface area contributed by atoms with Gasteiger partial charge >= 0.3 is 5.97 Å². The molecule has 1 amide bonds. The molecule has 0 spiro atoms. The van der Waals surface area contributed by atoms with Crippen molar-refractivity contribution < 1.29 is 19.8 Å². The number of phenolic OH excluding ortho intramolecular Hbond substituents is 1. The van der Waals surface area contributed by atoms with Gasteiger partial charge in [0.1, 0.15) is 11.4 Å². The minimum absolute atomic E-state index is 0.0809. The van der Waals surface area contributed by atoms with Crippen LogP contribution in [-0.4, -0.2) is 22.1 Å². The summed E-state index contributed by atoms with van der Waals surface area (Å²) >= 11 is 0. The molecule has 106 valence electrons. The van der Waals surface area contributed by atoms with Crippen molar-refractivity contribution in [3.63, 3.8) is 0 Å². The third-order valence-electron chi connectivity index (χ3n) is 2.72. The maximum absolute atomic E-state index is 11.9. The second-order valence-electron chi connectivity index (χ2n) is 4.27. The van der Waals surface area contributed by atoms with Crippen LogP contribution in [0.1, 0.15) is 15.9 Å². The highest BCUT2D eigenvalue weighted by molar-refractivity contribution is 6.02. The molecule has 0 aliphatic heterocycles. The Morgan fingerprint density at radius 2 is 1.57 bits per heavy atom. The first-order chi connectivity index (χ1) is 10.1. The van der Waals surface area contributed by atoms with E-state index in [1.165, 1.54) is 18.2 Å². The fraction of sp³-hybridized carbons (Fsp3) is 0. The Balaban J connectivity index is 2.22. The summed E-state index contributed by atoms with van der Waals surface area (Å²) in [6, 6.07) is 14.3. The molecule has 5 nitrogen and oxygen atoms in total. The number of hydrogen-bond donors (Lipinski definition) is 3. The number of aliphatic carboxylic acids is 1. The van der Waals surface area contributed by atoms with Crippen molar-refractivity contribution in [3.8, 4) is 5.75 Å². The highest BCUT2D eigenvalue weighted by Gasteiger charge is 2.12. The lowest BCUT2D eigenvalue weighted by molar-refractivity contribution is -0.132. The Morgan fingerprint density at radius 3 is 2.14 bits per heavy atom. The minimum Gasteiger partial charge on any atom is -0.508 e. The number of amides is 1. The van der Waals surface area contributed by atoms with Gasteiger partial charge in [-0.1, -0.05) is 30.3 Å². The Morgan fingerprint density at radius 1 is 0.952 bits per heavy atom. The lowest BCUT2D eigenvalue weighted by Gasteiger charge is -2.06. The van der Waals surface area contributed by atoms with E-state index in [4.69, 9.17) is 5.11 Å². The van der Waals surface area contributed by atoms with Crippen molar-refractivity contribution in [1.82, 2.24) is 5.32 Å². The molecule has 0 bridgehead atoms. The van der Waals surface area contributed by atoms with Gasteiger partial charge in [0.05, 0.1) is 0 Å². The maximum Gasteiger partial charge on any atom is 0.352 e. The number of rotatable bonds is 4. The number of hydrogen-bond acceptors (Lipinski definition) is 3.